The first-order valence-corrected chi connectivity index (χ1v) is 8.39. The van der Waals surface area contributed by atoms with Gasteiger partial charge in [0, 0.05) is 12.2 Å². The molecule has 0 saturated heterocycles. The molecule has 4 nitrogen and oxygen atoms in total. The number of hydrogen-bond acceptors (Lipinski definition) is 2. The minimum absolute atomic E-state index is 0.193. The van der Waals surface area contributed by atoms with Crippen LogP contribution in [0.4, 0.5) is 10.5 Å². The lowest BCUT2D eigenvalue weighted by molar-refractivity contribution is 0.252. The van der Waals surface area contributed by atoms with Crippen molar-refractivity contribution < 1.29 is 9.53 Å². The highest BCUT2D eigenvalue weighted by Crippen LogP contribution is 2.23. The van der Waals surface area contributed by atoms with E-state index in [9.17, 15) is 4.79 Å². The lowest BCUT2D eigenvalue weighted by atomic mass is 10.0. The van der Waals surface area contributed by atoms with Gasteiger partial charge in [0.25, 0.3) is 0 Å². The zero-order chi connectivity index (χ0) is 18.1. The third-order valence-corrected chi connectivity index (χ3v) is 3.78. The van der Waals surface area contributed by atoms with Gasteiger partial charge in [-0.15, -0.1) is 6.42 Å². The number of urea groups is 1. The quantitative estimate of drug-likeness (QED) is 0.745. The van der Waals surface area contributed by atoms with Crippen LogP contribution in [0.15, 0.2) is 48.5 Å². The number of anilines is 1. The van der Waals surface area contributed by atoms with Crippen LogP contribution in [0, 0.1) is 12.3 Å². The number of amides is 2. The van der Waals surface area contributed by atoms with Crippen molar-refractivity contribution in [1.82, 2.24) is 5.32 Å². The van der Waals surface area contributed by atoms with Gasteiger partial charge in [0.2, 0.25) is 0 Å². The lowest BCUT2D eigenvalue weighted by Crippen LogP contribution is -2.30. The predicted octanol–water partition coefficient (Wildman–Crippen LogP) is 4.19. The van der Waals surface area contributed by atoms with Gasteiger partial charge in [-0.2, -0.15) is 0 Å². The third-order valence-electron chi connectivity index (χ3n) is 3.78. The van der Waals surface area contributed by atoms with Crippen LogP contribution in [-0.4, -0.2) is 19.2 Å². The topological polar surface area (TPSA) is 50.4 Å². The van der Waals surface area contributed by atoms with Gasteiger partial charge in [-0.1, -0.05) is 50.1 Å². The number of benzene rings is 2. The molecule has 0 bridgehead atoms. The fourth-order valence-corrected chi connectivity index (χ4v) is 2.48. The summed E-state index contributed by atoms with van der Waals surface area (Å²) in [4.78, 5) is 12.1. The highest BCUT2D eigenvalue weighted by Gasteiger charge is 2.08. The molecule has 0 atom stereocenters. The van der Waals surface area contributed by atoms with E-state index in [1.165, 1.54) is 0 Å². The fourth-order valence-electron chi connectivity index (χ4n) is 2.48. The molecule has 2 aromatic rings. The molecule has 0 aliphatic carbocycles. The maximum absolute atomic E-state index is 12.1. The van der Waals surface area contributed by atoms with Crippen LogP contribution in [0.2, 0.25) is 0 Å². The summed E-state index contributed by atoms with van der Waals surface area (Å²) >= 11 is 0. The van der Waals surface area contributed by atoms with Crippen molar-refractivity contribution in [3.05, 3.63) is 59.7 Å². The average molecular weight is 336 g/mol. The van der Waals surface area contributed by atoms with Gasteiger partial charge < -0.3 is 15.4 Å². The van der Waals surface area contributed by atoms with Crippen LogP contribution in [0.25, 0.3) is 0 Å². The highest BCUT2D eigenvalue weighted by molar-refractivity contribution is 5.90. The van der Waals surface area contributed by atoms with Gasteiger partial charge >= 0.3 is 6.03 Å². The first-order chi connectivity index (χ1) is 12.1. The Morgan fingerprint density at radius 1 is 1.16 bits per heavy atom. The van der Waals surface area contributed by atoms with Crippen molar-refractivity contribution in [2.45, 2.75) is 26.2 Å². The molecular formula is C21H24N2O2. The summed E-state index contributed by atoms with van der Waals surface area (Å²) in [5.41, 5.74) is 3.10. The summed E-state index contributed by atoms with van der Waals surface area (Å²) in [6, 6.07) is 15.4. The highest BCUT2D eigenvalue weighted by atomic mass is 16.5. The molecule has 2 rings (SSSR count). The van der Waals surface area contributed by atoms with Crippen molar-refractivity contribution in [3.8, 4) is 18.1 Å². The zero-order valence-electron chi connectivity index (χ0n) is 14.7. The van der Waals surface area contributed by atoms with Crippen molar-refractivity contribution >= 4 is 11.7 Å². The van der Waals surface area contributed by atoms with Crippen LogP contribution < -0.4 is 15.4 Å². The van der Waals surface area contributed by atoms with Gasteiger partial charge in [0.1, 0.15) is 12.4 Å². The van der Waals surface area contributed by atoms with E-state index < -0.39 is 0 Å². The van der Waals surface area contributed by atoms with Crippen molar-refractivity contribution in [2.75, 3.05) is 18.5 Å². The van der Waals surface area contributed by atoms with E-state index in [2.05, 4.69) is 30.4 Å². The monoisotopic (exact) mass is 336 g/mol. The number of terminal acetylenes is 1. The molecule has 2 amide bonds. The Morgan fingerprint density at radius 2 is 1.88 bits per heavy atom. The molecule has 25 heavy (non-hydrogen) atoms. The summed E-state index contributed by atoms with van der Waals surface area (Å²) in [5.74, 6) is 3.53. The van der Waals surface area contributed by atoms with Crippen LogP contribution in [0.3, 0.4) is 0 Å². The summed E-state index contributed by atoms with van der Waals surface area (Å²) in [7, 11) is 0. The second kappa shape index (κ2) is 9.39. The molecule has 0 radical (unpaired) electrons. The smallest absolute Gasteiger partial charge is 0.319 e. The van der Waals surface area contributed by atoms with Crippen LogP contribution in [0.1, 0.15) is 30.9 Å². The molecule has 2 aromatic carbocycles. The van der Waals surface area contributed by atoms with Crippen LogP contribution >= 0.6 is 0 Å². The fraction of sp³-hybridized carbons (Fsp3) is 0.286. The van der Waals surface area contributed by atoms with E-state index in [4.69, 9.17) is 11.2 Å². The zero-order valence-corrected chi connectivity index (χ0v) is 14.7. The molecule has 4 heteroatoms. The molecule has 0 unspecified atom stereocenters. The Labute approximate surface area is 149 Å². The molecule has 0 saturated carbocycles. The lowest BCUT2D eigenvalue weighted by Gasteiger charge is -2.14. The summed E-state index contributed by atoms with van der Waals surface area (Å²) < 4.78 is 5.33. The van der Waals surface area contributed by atoms with Gasteiger partial charge in [-0.3, -0.25) is 0 Å². The molecular weight excluding hydrogens is 312 g/mol. The second-order valence-electron chi connectivity index (χ2n) is 6.01. The van der Waals surface area contributed by atoms with Gasteiger partial charge in [-0.05, 0) is 41.7 Å². The molecule has 0 heterocycles. The average Bonchev–Trinajstić information content (AvgIpc) is 2.61. The van der Waals surface area contributed by atoms with Crippen LogP contribution in [-0.2, 0) is 6.42 Å². The Morgan fingerprint density at radius 3 is 2.56 bits per heavy atom. The van der Waals surface area contributed by atoms with Crippen molar-refractivity contribution in [1.29, 1.82) is 0 Å². The van der Waals surface area contributed by atoms with Gasteiger partial charge in [-0.25, -0.2) is 4.79 Å². The molecule has 0 aliphatic rings. The molecule has 130 valence electrons. The van der Waals surface area contributed by atoms with E-state index >= 15 is 0 Å². The maximum atomic E-state index is 12.1. The Balaban J connectivity index is 1.80. The first-order valence-electron chi connectivity index (χ1n) is 8.39. The third kappa shape index (κ3) is 5.89. The molecule has 0 fully saturated rings. The van der Waals surface area contributed by atoms with Crippen molar-refractivity contribution in [2.24, 2.45) is 0 Å². The van der Waals surface area contributed by atoms with E-state index in [-0.39, 0.29) is 12.6 Å². The Hall–Kier alpha value is -2.93. The number of carbonyl (C=O) groups excluding carboxylic acids is 1. The van der Waals surface area contributed by atoms with Crippen molar-refractivity contribution in [3.63, 3.8) is 0 Å². The van der Waals surface area contributed by atoms with Crippen LogP contribution in [0.5, 0.6) is 5.75 Å². The van der Waals surface area contributed by atoms with E-state index in [1.54, 1.807) is 0 Å². The summed E-state index contributed by atoms with van der Waals surface area (Å²) in [6.45, 7) is 5.03. The Bertz CT molecular complexity index is 730. The van der Waals surface area contributed by atoms with Gasteiger partial charge in [0.05, 0.1) is 0 Å². The number of hydrogen-bond donors (Lipinski definition) is 2. The molecule has 2 N–H and O–H groups in total. The summed E-state index contributed by atoms with van der Waals surface area (Å²) in [5, 5.41) is 5.81. The molecule has 0 aliphatic heterocycles. The predicted molar refractivity (Wildman–Crippen MR) is 102 cm³/mol. The molecule has 0 spiro atoms. The minimum atomic E-state index is -0.193. The first kappa shape index (κ1) is 18.4. The number of nitrogens with one attached hydrogen (secondary N) is 2. The number of rotatable bonds is 7. The summed E-state index contributed by atoms with van der Waals surface area (Å²) in [6.07, 6.45) is 5.90. The van der Waals surface area contributed by atoms with E-state index in [0.717, 1.165) is 29.0 Å². The minimum Gasteiger partial charge on any atom is -0.481 e. The maximum Gasteiger partial charge on any atom is 0.319 e. The molecule has 0 aromatic heterocycles. The normalized spacial score (nSPS) is 10.2. The van der Waals surface area contributed by atoms with E-state index in [1.807, 2.05) is 48.5 Å². The van der Waals surface area contributed by atoms with E-state index in [0.29, 0.717) is 12.5 Å². The van der Waals surface area contributed by atoms with Gasteiger partial charge in [0.15, 0.2) is 0 Å². The second-order valence-corrected chi connectivity index (χ2v) is 6.01. The Kier molecular flexibility index (Phi) is 6.91. The largest absolute Gasteiger partial charge is 0.481 e. The standard InChI is InChI=1S/C21H24N2O2/c1-4-15-25-18-11-9-17(10-12-18)13-14-22-21(24)23-20-8-6-5-7-19(20)16(2)3/h1,5-12,16H,13-15H2,2-3H3,(H2,22,23,24). The SMILES string of the molecule is C#CCOc1ccc(CCNC(=O)Nc2ccccc2C(C)C)cc1. The number of para-hydroxylation sites is 1. The number of ether oxygens (including phenoxy) is 1. The number of carbonyl (C=O) groups is 1.